The van der Waals surface area contributed by atoms with Crippen molar-refractivity contribution >= 4 is 23.1 Å². The number of benzene rings is 1. The lowest BCUT2D eigenvalue weighted by Gasteiger charge is -2.06. The van der Waals surface area contributed by atoms with Crippen LogP contribution in [0.4, 0.5) is 4.39 Å². The van der Waals surface area contributed by atoms with E-state index < -0.39 is 0 Å². The summed E-state index contributed by atoms with van der Waals surface area (Å²) in [5, 5.41) is 4.59. The van der Waals surface area contributed by atoms with Crippen LogP contribution < -0.4 is 5.32 Å². The summed E-state index contributed by atoms with van der Waals surface area (Å²) >= 11 is 3.48. The van der Waals surface area contributed by atoms with Gasteiger partial charge in [-0.15, -0.1) is 23.1 Å². The summed E-state index contributed by atoms with van der Waals surface area (Å²) in [6.45, 7) is 7.33. The van der Waals surface area contributed by atoms with Crippen molar-refractivity contribution in [1.82, 2.24) is 10.3 Å². The molecule has 0 radical (unpaired) electrons. The van der Waals surface area contributed by atoms with Crippen molar-refractivity contribution in [2.75, 3.05) is 0 Å². The van der Waals surface area contributed by atoms with Crippen LogP contribution in [0, 0.1) is 5.82 Å². The predicted molar refractivity (Wildman–Crippen MR) is 89.4 cm³/mol. The molecule has 21 heavy (non-hydrogen) atoms. The van der Waals surface area contributed by atoms with Gasteiger partial charge in [-0.05, 0) is 30.7 Å². The fourth-order valence-corrected chi connectivity index (χ4v) is 3.88. The molecule has 2 nitrogen and oxygen atoms in total. The maximum absolute atomic E-state index is 12.9. The minimum absolute atomic E-state index is 0.191. The van der Waals surface area contributed by atoms with E-state index in [9.17, 15) is 4.39 Å². The monoisotopic (exact) mass is 324 g/mol. The van der Waals surface area contributed by atoms with E-state index >= 15 is 0 Å². The Bertz CT molecular complexity index is 564. The lowest BCUT2D eigenvalue weighted by molar-refractivity contribution is 0.590. The molecule has 5 heteroatoms. The van der Waals surface area contributed by atoms with Gasteiger partial charge in [0.25, 0.3) is 0 Å². The van der Waals surface area contributed by atoms with E-state index in [0.717, 1.165) is 28.6 Å². The first-order valence-corrected chi connectivity index (χ1v) is 8.98. The van der Waals surface area contributed by atoms with Crippen molar-refractivity contribution < 1.29 is 4.39 Å². The first-order chi connectivity index (χ1) is 10.1. The molecular weight excluding hydrogens is 303 g/mol. The van der Waals surface area contributed by atoms with E-state index in [1.165, 1.54) is 22.7 Å². The van der Waals surface area contributed by atoms with Crippen molar-refractivity contribution in [2.24, 2.45) is 0 Å². The summed E-state index contributed by atoms with van der Waals surface area (Å²) in [6, 6.07) is 7.11. The number of aryl methyl sites for hydroxylation is 1. The van der Waals surface area contributed by atoms with Crippen LogP contribution in [0.2, 0.25) is 0 Å². The lowest BCUT2D eigenvalue weighted by Crippen LogP contribution is -2.21. The van der Waals surface area contributed by atoms with Gasteiger partial charge in [-0.3, -0.25) is 0 Å². The van der Waals surface area contributed by atoms with Gasteiger partial charge in [0.1, 0.15) is 10.8 Å². The molecule has 0 saturated carbocycles. The molecular formula is C16H21FN2S2. The summed E-state index contributed by atoms with van der Waals surface area (Å²) in [5.41, 5.74) is 1.20. The quantitative estimate of drug-likeness (QED) is 0.751. The highest BCUT2D eigenvalue weighted by atomic mass is 32.2. The first-order valence-electron chi connectivity index (χ1n) is 7.17. The number of nitrogens with zero attached hydrogens (tertiary/aromatic N) is 1. The third kappa shape index (κ3) is 5.09. The summed E-state index contributed by atoms with van der Waals surface area (Å²) in [7, 11) is 0. The molecule has 2 aromatic rings. The Kier molecular flexibility index (Phi) is 6.21. The fourth-order valence-electron chi connectivity index (χ4n) is 1.89. The van der Waals surface area contributed by atoms with Gasteiger partial charge < -0.3 is 5.32 Å². The molecule has 0 aliphatic carbocycles. The summed E-state index contributed by atoms with van der Waals surface area (Å²) < 4.78 is 12.9. The van der Waals surface area contributed by atoms with Gasteiger partial charge >= 0.3 is 0 Å². The Balaban J connectivity index is 1.98. The van der Waals surface area contributed by atoms with E-state index in [0.29, 0.717) is 6.04 Å². The number of nitrogens with one attached hydrogen (secondary N) is 1. The Morgan fingerprint density at radius 3 is 2.62 bits per heavy atom. The van der Waals surface area contributed by atoms with Crippen molar-refractivity contribution in [3.8, 4) is 0 Å². The van der Waals surface area contributed by atoms with Crippen molar-refractivity contribution in [2.45, 2.75) is 50.4 Å². The predicted octanol–water partition coefficient (Wildman–Crippen LogP) is 4.63. The smallest absolute Gasteiger partial charge is 0.123 e. The number of halogens is 1. The number of thioether (sulfide) groups is 1. The van der Waals surface area contributed by atoms with Crippen LogP contribution in [-0.4, -0.2) is 11.0 Å². The van der Waals surface area contributed by atoms with Gasteiger partial charge in [-0.25, -0.2) is 9.37 Å². The van der Waals surface area contributed by atoms with Crippen molar-refractivity contribution in [3.05, 3.63) is 45.7 Å². The molecule has 1 aromatic heterocycles. The summed E-state index contributed by atoms with van der Waals surface area (Å²) in [6.07, 6.45) is 0.965. The minimum atomic E-state index is -0.191. The third-order valence-corrected chi connectivity index (χ3v) is 5.31. The zero-order chi connectivity index (χ0) is 15.2. The first kappa shape index (κ1) is 16.5. The lowest BCUT2D eigenvalue weighted by atomic mass is 10.3. The molecule has 0 fully saturated rings. The molecule has 1 heterocycles. The van der Waals surface area contributed by atoms with Gasteiger partial charge in [-0.1, -0.05) is 20.8 Å². The van der Waals surface area contributed by atoms with Crippen LogP contribution in [0.5, 0.6) is 0 Å². The van der Waals surface area contributed by atoms with Gasteiger partial charge in [-0.2, -0.15) is 0 Å². The summed E-state index contributed by atoms with van der Waals surface area (Å²) in [4.78, 5) is 7.13. The maximum Gasteiger partial charge on any atom is 0.123 e. The Labute approximate surface area is 134 Å². The highest BCUT2D eigenvalue weighted by Gasteiger charge is 2.10. The van der Waals surface area contributed by atoms with E-state index in [-0.39, 0.29) is 5.82 Å². The molecule has 1 N–H and O–H groups in total. The topological polar surface area (TPSA) is 24.9 Å². The standard InChI is InChI=1S/C16H21FN2S2/c1-4-14-15(9-18-11(2)3)21-16(19-14)10-20-13-7-5-12(17)6-8-13/h5-8,11,18H,4,9-10H2,1-3H3. The minimum Gasteiger partial charge on any atom is -0.310 e. The van der Waals surface area contributed by atoms with Crippen LogP contribution in [0.25, 0.3) is 0 Å². The van der Waals surface area contributed by atoms with Crippen LogP contribution in [0.15, 0.2) is 29.2 Å². The molecule has 0 unspecified atom stereocenters. The van der Waals surface area contributed by atoms with Gasteiger partial charge in [0.2, 0.25) is 0 Å². The second-order valence-corrected chi connectivity index (χ2v) is 7.33. The molecule has 0 spiro atoms. The van der Waals surface area contributed by atoms with Crippen molar-refractivity contribution in [1.29, 1.82) is 0 Å². The molecule has 0 amide bonds. The van der Waals surface area contributed by atoms with E-state index in [1.54, 1.807) is 23.1 Å². The Morgan fingerprint density at radius 1 is 1.29 bits per heavy atom. The third-order valence-electron chi connectivity index (χ3n) is 3.00. The zero-order valence-corrected chi connectivity index (χ0v) is 14.3. The number of rotatable bonds is 7. The number of thiazole rings is 1. The highest BCUT2D eigenvalue weighted by Crippen LogP contribution is 2.27. The molecule has 0 bridgehead atoms. The van der Waals surface area contributed by atoms with Crippen LogP contribution in [0.1, 0.15) is 36.3 Å². The van der Waals surface area contributed by atoms with Gasteiger partial charge in [0.05, 0.1) is 11.4 Å². The number of hydrogen-bond acceptors (Lipinski definition) is 4. The van der Waals surface area contributed by atoms with Crippen LogP contribution in [-0.2, 0) is 18.7 Å². The normalized spacial score (nSPS) is 11.3. The average Bonchev–Trinajstić information content (AvgIpc) is 2.87. The van der Waals surface area contributed by atoms with Crippen molar-refractivity contribution in [3.63, 3.8) is 0 Å². The molecule has 0 aliphatic rings. The van der Waals surface area contributed by atoms with Gasteiger partial charge in [0.15, 0.2) is 0 Å². The maximum atomic E-state index is 12.9. The van der Waals surface area contributed by atoms with E-state index in [4.69, 9.17) is 4.98 Å². The van der Waals surface area contributed by atoms with Gasteiger partial charge in [0, 0.05) is 22.4 Å². The average molecular weight is 324 g/mol. The summed E-state index contributed by atoms with van der Waals surface area (Å²) in [5.74, 6) is 0.647. The second kappa shape index (κ2) is 7.92. The SMILES string of the molecule is CCc1nc(CSc2ccc(F)cc2)sc1CNC(C)C. The fraction of sp³-hybridized carbons (Fsp3) is 0.438. The molecule has 0 aliphatic heterocycles. The number of aromatic nitrogens is 1. The molecule has 1 aromatic carbocycles. The highest BCUT2D eigenvalue weighted by molar-refractivity contribution is 7.98. The van der Waals surface area contributed by atoms with Crippen LogP contribution >= 0.6 is 23.1 Å². The second-order valence-electron chi connectivity index (χ2n) is 5.11. The van der Waals surface area contributed by atoms with E-state index in [2.05, 4.69) is 26.1 Å². The molecule has 114 valence electrons. The molecule has 0 atom stereocenters. The Hall–Kier alpha value is -0.910. The zero-order valence-electron chi connectivity index (χ0n) is 12.6. The Morgan fingerprint density at radius 2 is 2.00 bits per heavy atom. The number of hydrogen-bond donors (Lipinski definition) is 1. The van der Waals surface area contributed by atoms with E-state index in [1.807, 2.05) is 12.1 Å². The largest absolute Gasteiger partial charge is 0.310 e. The van der Waals surface area contributed by atoms with Crippen LogP contribution in [0.3, 0.4) is 0 Å². The molecule has 0 saturated heterocycles. The molecule has 2 rings (SSSR count).